The van der Waals surface area contributed by atoms with Crippen molar-refractivity contribution < 1.29 is 14.0 Å². The van der Waals surface area contributed by atoms with E-state index in [1.807, 2.05) is 30.3 Å². The molecule has 0 bridgehead atoms. The number of benzene rings is 1. The molecular formula is C13H17N3O3. The van der Waals surface area contributed by atoms with Crippen molar-refractivity contribution in [3.8, 4) is 0 Å². The van der Waals surface area contributed by atoms with Gasteiger partial charge in [0.25, 0.3) is 0 Å². The molecule has 0 fully saturated rings. The Morgan fingerprint density at radius 3 is 2.74 bits per heavy atom. The van der Waals surface area contributed by atoms with Gasteiger partial charge in [-0.25, -0.2) is 0 Å². The van der Waals surface area contributed by atoms with Crippen LogP contribution in [0.15, 0.2) is 34.9 Å². The van der Waals surface area contributed by atoms with Crippen LogP contribution in [0.2, 0.25) is 0 Å². The summed E-state index contributed by atoms with van der Waals surface area (Å²) in [7, 11) is 3.25. The predicted molar refractivity (Wildman–Crippen MR) is 70.0 cm³/mol. The Labute approximate surface area is 111 Å². The topological polar surface area (TPSA) is 69.4 Å². The lowest BCUT2D eigenvalue weighted by Crippen LogP contribution is -2.08. The van der Waals surface area contributed by atoms with E-state index in [0.29, 0.717) is 25.0 Å². The van der Waals surface area contributed by atoms with Crippen molar-refractivity contribution >= 4 is 6.01 Å². The summed E-state index contributed by atoms with van der Waals surface area (Å²) in [5.74, 6) is 0.494. The van der Waals surface area contributed by atoms with Crippen molar-refractivity contribution in [2.75, 3.05) is 32.7 Å². The third-order valence-corrected chi connectivity index (χ3v) is 2.60. The van der Waals surface area contributed by atoms with Gasteiger partial charge in [0.15, 0.2) is 0 Å². The number of aromatic nitrogens is 2. The summed E-state index contributed by atoms with van der Waals surface area (Å²) < 4.78 is 15.5. The maximum absolute atomic E-state index is 5.42. The van der Waals surface area contributed by atoms with Crippen LogP contribution in [0.5, 0.6) is 0 Å². The Hall–Kier alpha value is -1.92. The third kappa shape index (κ3) is 3.52. The van der Waals surface area contributed by atoms with Gasteiger partial charge in [0.2, 0.25) is 5.82 Å². The number of hydrogen-bond acceptors (Lipinski definition) is 6. The first kappa shape index (κ1) is 13.5. The van der Waals surface area contributed by atoms with Gasteiger partial charge >= 0.3 is 6.01 Å². The second-order valence-corrected chi connectivity index (χ2v) is 3.90. The molecule has 102 valence electrons. The van der Waals surface area contributed by atoms with Gasteiger partial charge in [-0.2, -0.15) is 4.98 Å². The maximum Gasteiger partial charge on any atom is 0.321 e. The first-order valence-electron chi connectivity index (χ1n) is 5.99. The minimum Gasteiger partial charge on any atom is -0.383 e. The molecule has 1 N–H and O–H groups in total. The zero-order valence-electron chi connectivity index (χ0n) is 11.0. The van der Waals surface area contributed by atoms with E-state index in [-0.39, 0.29) is 6.10 Å². The van der Waals surface area contributed by atoms with E-state index < -0.39 is 0 Å². The summed E-state index contributed by atoms with van der Waals surface area (Å²) in [5.41, 5.74) is 0.981. The Kier molecular flexibility index (Phi) is 4.88. The first-order valence-corrected chi connectivity index (χ1v) is 5.99. The summed E-state index contributed by atoms with van der Waals surface area (Å²) in [4.78, 5) is 4.26. The fourth-order valence-electron chi connectivity index (χ4n) is 1.69. The zero-order chi connectivity index (χ0) is 13.5. The van der Waals surface area contributed by atoms with E-state index in [4.69, 9.17) is 14.0 Å². The van der Waals surface area contributed by atoms with Gasteiger partial charge in [-0.05, 0) is 5.56 Å². The van der Waals surface area contributed by atoms with Crippen LogP contribution in [0.4, 0.5) is 6.01 Å². The Morgan fingerprint density at radius 1 is 1.26 bits per heavy atom. The SMILES string of the molecule is COCCNc1nc(C(OC)c2ccccc2)no1. The molecule has 0 saturated carbocycles. The fraction of sp³-hybridized carbons (Fsp3) is 0.385. The molecule has 1 aromatic heterocycles. The van der Waals surface area contributed by atoms with E-state index in [9.17, 15) is 0 Å². The standard InChI is InChI=1S/C13H17N3O3/c1-17-9-8-14-13-15-12(16-19-13)11(18-2)10-6-4-3-5-7-10/h3-7,11H,8-9H2,1-2H3,(H,14,15,16). The Morgan fingerprint density at radius 2 is 2.05 bits per heavy atom. The number of methoxy groups -OCH3 is 2. The van der Waals surface area contributed by atoms with Gasteiger partial charge in [0.05, 0.1) is 6.61 Å². The van der Waals surface area contributed by atoms with Crippen LogP contribution >= 0.6 is 0 Å². The van der Waals surface area contributed by atoms with E-state index in [0.717, 1.165) is 5.56 Å². The van der Waals surface area contributed by atoms with Crippen LogP contribution in [0.1, 0.15) is 17.5 Å². The minimum atomic E-state index is -0.331. The summed E-state index contributed by atoms with van der Waals surface area (Å²) in [6.07, 6.45) is -0.331. The van der Waals surface area contributed by atoms with Gasteiger partial charge in [-0.15, -0.1) is 0 Å². The number of nitrogens with zero attached hydrogens (tertiary/aromatic N) is 2. The van der Waals surface area contributed by atoms with Crippen molar-refractivity contribution in [2.24, 2.45) is 0 Å². The highest BCUT2D eigenvalue weighted by molar-refractivity contribution is 5.25. The molecule has 19 heavy (non-hydrogen) atoms. The lowest BCUT2D eigenvalue weighted by Gasteiger charge is -2.10. The average molecular weight is 263 g/mol. The number of rotatable bonds is 7. The minimum absolute atomic E-state index is 0.331. The molecule has 6 nitrogen and oxygen atoms in total. The molecule has 6 heteroatoms. The number of ether oxygens (including phenoxy) is 2. The van der Waals surface area contributed by atoms with Crippen LogP contribution in [-0.2, 0) is 9.47 Å². The molecule has 0 amide bonds. The van der Waals surface area contributed by atoms with Gasteiger partial charge in [0.1, 0.15) is 6.10 Å². The van der Waals surface area contributed by atoms with Crippen molar-refractivity contribution in [1.82, 2.24) is 10.1 Å². The molecule has 2 aromatic rings. The van der Waals surface area contributed by atoms with Gasteiger partial charge in [-0.3, -0.25) is 0 Å². The summed E-state index contributed by atoms with van der Waals surface area (Å²) in [6.45, 7) is 1.19. The smallest absolute Gasteiger partial charge is 0.321 e. The molecule has 1 atom stereocenters. The summed E-state index contributed by atoms with van der Waals surface area (Å²) >= 11 is 0. The normalized spacial score (nSPS) is 12.3. The van der Waals surface area contributed by atoms with Crippen molar-refractivity contribution in [3.05, 3.63) is 41.7 Å². The molecule has 0 aliphatic heterocycles. The Bertz CT molecular complexity index is 487. The van der Waals surface area contributed by atoms with E-state index in [1.165, 1.54) is 0 Å². The quantitative estimate of drug-likeness (QED) is 0.769. The van der Waals surface area contributed by atoms with Crippen molar-refractivity contribution in [2.45, 2.75) is 6.10 Å². The molecule has 2 rings (SSSR count). The number of nitrogens with one attached hydrogen (secondary N) is 1. The molecular weight excluding hydrogens is 246 g/mol. The summed E-state index contributed by atoms with van der Waals surface area (Å²) in [6, 6.07) is 10.1. The van der Waals surface area contributed by atoms with Gasteiger partial charge < -0.3 is 19.3 Å². The lowest BCUT2D eigenvalue weighted by atomic mass is 10.1. The molecule has 0 spiro atoms. The lowest BCUT2D eigenvalue weighted by molar-refractivity contribution is 0.126. The largest absolute Gasteiger partial charge is 0.383 e. The zero-order valence-corrected chi connectivity index (χ0v) is 11.0. The van der Waals surface area contributed by atoms with Crippen LogP contribution in [0.3, 0.4) is 0 Å². The van der Waals surface area contributed by atoms with Gasteiger partial charge in [-0.1, -0.05) is 35.5 Å². The summed E-state index contributed by atoms with van der Waals surface area (Å²) in [5, 5.41) is 6.90. The molecule has 0 aliphatic rings. The van der Waals surface area contributed by atoms with E-state index in [2.05, 4.69) is 15.5 Å². The van der Waals surface area contributed by atoms with E-state index >= 15 is 0 Å². The second-order valence-electron chi connectivity index (χ2n) is 3.90. The monoisotopic (exact) mass is 263 g/mol. The fourth-order valence-corrected chi connectivity index (χ4v) is 1.69. The highest BCUT2D eigenvalue weighted by Gasteiger charge is 2.19. The van der Waals surface area contributed by atoms with Crippen molar-refractivity contribution in [3.63, 3.8) is 0 Å². The maximum atomic E-state index is 5.42. The van der Waals surface area contributed by atoms with Crippen molar-refractivity contribution in [1.29, 1.82) is 0 Å². The molecule has 0 aliphatic carbocycles. The third-order valence-electron chi connectivity index (χ3n) is 2.60. The predicted octanol–water partition coefficient (Wildman–Crippen LogP) is 1.86. The molecule has 1 heterocycles. The number of anilines is 1. The average Bonchev–Trinajstić information content (AvgIpc) is 2.90. The van der Waals surface area contributed by atoms with Crippen LogP contribution < -0.4 is 5.32 Å². The number of hydrogen-bond donors (Lipinski definition) is 1. The van der Waals surface area contributed by atoms with Crippen LogP contribution in [-0.4, -0.2) is 37.5 Å². The highest BCUT2D eigenvalue weighted by atomic mass is 16.5. The molecule has 0 radical (unpaired) electrons. The second kappa shape index (κ2) is 6.86. The van der Waals surface area contributed by atoms with Crippen LogP contribution in [0, 0.1) is 0 Å². The first-order chi connectivity index (χ1) is 9.35. The van der Waals surface area contributed by atoms with E-state index in [1.54, 1.807) is 14.2 Å². The van der Waals surface area contributed by atoms with Gasteiger partial charge in [0, 0.05) is 20.8 Å². The molecule has 1 aromatic carbocycles. The molecule has 0 saturated heterocycles. The Balaban J connectivity index is 2.07. The molecule has 1 unspecified atom stereocenters. The van der Waals surface area contributed by atoms with Crippen LogP contribution in [0.25, 0.3) is 0 Å². The highest BCUT2D eigenvalue weighted by Crippen LogP contribution is 2.23.